The van der Waals surface area contributed by atoms with Gasteiger partial charge in [-0.3, -0.25) is 4.90 Å². The van der Waals surface area contributed by atoms with Crippen LogP contribution in [-0.4, -0.2) is 48.1 Å². The molecule has 2 aliphatic heterocycles. The lowest BCUT2D eigenvalue weighted by Gasteiger charge is -2.31. The van der Waals surface area contributed by atoms with E-state index in [1.807, 2.05) is 27.7 Å². The molecule has 0 spiro atoms. The van der Waals surface area contributed by atoms with Crippen molar-refractivity contribution in [2.45, 2.75) is 175 Å². The van der Waals surface area contributed by atoms with E-state index >= 15 is 0 Å². The van der Waals surface area contributed by atoms with Crippen LogP contribution < -0.4 is 0 Å². The van der Waals surface area contributed by atoms with Crippen LogP contribution >= 0.6 is 0 Å². The largest absolute Gasteiger partial charge is 0.304 e. The van der Waals surface area contributed by atoms with E-state index in [1.165, 1.54) is 90.5 Å². The molecule has 0 aromatic rings. The van der Waals surface area contributed by atoms with Gasteiger partial charge in [-0.1, -0.05) is 123 Å². The highest BCUT2D eigenvalue weighted by Crippen LogP contribution is 2.19. The molecule has 0 radical (unpaired) electrons. The quantitative estimate of drug-likeness (QED) is 0.350. The lowest BCUT2D eigenvalue weighted by Crippen LogP contribution is -2.38. The first-order valence-corrected chi connectivity index (χ1v) is 15.0. The zero-order chi connectivity index (χ0) is 26.7. The number of likely N-dealkylation sites (tertiary alicyclic amines) is 2. The van der Waals surface area contributed by atoms with Crippen molar-refractivity contribution in [1.29, 1.82) is 0 Å². The normalized spacial score (nSPS) is 16.5. The average molecular weight is 505 g/mol. The van der Waals surface area contributed by atoms with Gasteiger partial charge >= 0.3 is 0 Å². The minimum atomic E-state index is 0. The van der Waals surface area contributed by atoms with E-state index in [0.29, 0.717) is 5.54 Å². The fourth-order valence-electron chi connectivity index (χ4n) is 3.37. The first-order chi connectivity index (χ1) is 15.5. The Morgan fingerprint density at radius 3 is 0.886 bits per heavy atom. The second kappa shape index (κ2) is 36.1. The van der Waals surface area contributed by atoms with E-state index in [1.54, 1.807) is 0 Å². The molecule has 2 saturated heterocycles. The van der Waals surface area contributed by atoms with Crippen LogP contribution in [0.25, 0.3) is 0 Å². The van der Waals surface area contributed by atoms with Gasteiger partial charge in [-0.25, -0.2) is 0 Å². The predicted molar refractivity (Wildman–Crippen MR) is 172 cm³/mol. The summed E-state index contributed by atoms with van der Waals surface area (Å²) in [6, 6.07) is 0. The minimum absolute atomic E-state index is 0. The molecule has 3 aliphatic rings. The molecule has 2 heterocycles. The second-order valence-corrected chi connectivity index (χ2v) is 11.2. The van der Waals surface area contributed by atoms with Gasteiger partial charge in [0.2, 0.25) is 0 Å². The van der Waals surface area contributed by atoms with Crippen molar-refractivity contribution in [2.75, 3.05) is 32.7 Å². The molecule has 2 nitrogen and oxygen atoms in total. The van der Waals surface area contributed by atoms with Crippen molar-refractivity contribution < 1.29 is 0 Å². The molecule has 0 aromatic carbocycles. The summed E-state index contributed by atoms with van der Waals surface area (Å²) in [6.45, 7) is 36.7. The van der Waals surface area contributed by atoms with Gasteiger partial charge in [0.15, 0.2) is 0 Å². The molecule has 222 valence electrons. The molecule has 0 unspecified atom stereocenters. The third-order valence-corrected chi connectivity index (χ3v) is 4.95. The van der Waals surface area contributed by atoms with Crippen molar-refractivity contribution in [1.82, 2.24) is 9.80 Å². The van der Waals surface area contributed by atoms with E-state index in [9.17, 15) is 0 Å². The Balaban J connectivity index is -0.0000000737. The van der Waals surface area contributed by atoms with Crippen LogP contribution in [0, 0.1) is 11.8 Å². The van der Waals surface area contributed by atoms with Crippen LogP contribution in [0.15, 0.2) is 0 Å². The van der Waals surface area contributed by atoms with Crippen LogP contribution in [0.5, 0.6) is 0 Å². The first kappa shape index (κ1) is 48.0. The standard InChI is InChI=1S/C8H17N.C6H13N.C5H10.2C4H10.2C2H6.2CH4/c1-8(2,3)9-6-4-5-7-9;1-2-7-5-3-4-6-7;1-2-4-5-3-1;2*1-4(2)3;2*1-2;;/h4-7H2,1-3H3;2-6H2,1H3;1-5H2;2*4H,1-3H3;2*1-2H3;2*1H4. The van der Waals surface area contributed by atoms with Gasteiger partial charge in [0.1, 0.15) is 0 Å². The van der Waals surface area contributed by atoms with Crippen LogP contribution in [0.1, 0.15) is 170 Å². The Kier molecular flexibility index (Phi) is 49.5. The van der Waals surface area contributed by atoms with Crippen LogP contribution in [-0.2, 0) is 0 Å². The molecular weight excluding hydrogens is 424 g/mol. The van der Waals surface area contributed by atoms with E-state index in [-0.39, 0.29) is 14.9 Å². The summed E-state index contributed by atoms with van der Waals surface area (Å²) in [4.78, 5) is 5.03. The van der Waals surface area contributed by atoms with Gasteiger partial charge in [-0.15, -0.1) is 0 Å². The van der Waals surface area contributed by atoms with Gasteiger partial charge in [0.05, 0.1) is 0 Å². The molecule has 2 heteroatoms. The van der Waals surface area contributed by atoms with Crippen molar-refractivity contribution in [3.8, 4) is 0 Å². The molecule has 1 saturated carbocycles. The third-order valence-electron chi connectivity index (χ3n) is 4.95. The van der Waals surface area contributed by atoms with Crippen molar-refractivity contribution >= 4 is 0 Å². The summed E-state index contributed by atoms with van der Waals surface area (Å²) in [5, 5.41) is 0. The maximum atomic E-state index is 2.55. The topological polar surface area (TPSA) is 6.48 Å². The maximum Gasteiger partial charge on any atom is 0.0125 e. The molecule has 0 amide bonds. The fraction of sp³-hybridized carbons (Fsp3) is 1.00. The van der Waals surface area contributed by atoms with Gasteiger partial charge in [0.25, 0.3) is 0 Å². The Morgan fingerprint density at radius 2 is 0.743 bits per heavy atom. The zero-order valence-electron chi connectivity index (χ0n) is 26.4. The number of nitrogens with zero attached hydrogens (tertiary/aromatic N) is 2. The highest BCUT2D eigenvalue weighted by atomic mass is 15.2. The third kappa shape index (κ3) is 47.7. The highest BCUT2D eigenvalue weighted by molar-refractivity contribution is 4.79. The lowest BCUT2D eigenvalue weighted by molar-refractivity contribution is 0.175. The molecule has 0 atom stereocenters. The van der Waals surface area contributed by atoms with Crippen molar-refractivity contribution in [3.63, 3.8) is 0 Å². The second-order valence-electron chi connectivity index (χ2n) is 11.2. The SMILES string of the molecule is C.C.C1CCCC1.CC.CC.CC(C)(C)N1CCCC1.CC(C)C.CC(C)C.CCN1CCCC1. The molecule has 35 heavy (non-hydrogen) atoms. The van der Waals surface area contributed by atoms with E-state index in [0.717, 1.165) is 11.8 Å². The zero-order valence-corrected chi connectivity index (χ0v) is 26.4. The summed E-state index contributed by atoms with van der Waals surface area (Å²) >= 11 is 0. The molecular formula is C33H80N2. The predicted octanol–water partition coefficient (Wildman–Crippen LogP) is 11.6. The van der Waals surface area contributed by atoms with Crippen molar-refractivity contribution in [2.24, 2.45) is 11.8 Å². The lowest BCUT2D eigenvalue weighted by atomic mass is 10.1. The summed E-state index contributed by atoms with van der Waals surface area (Å²) in [5.41, 5.74) is 0.413. The van der Waals surface area contributed by atoms with Gasteiger partial charge < -0.3 is 4.90 Å². The van der Waals surface area contributed by atoms with Crippen LogP contribution in [0.3, 0.4) is 0 Å². The molecule has 0 N–H and O–H groups in total. The number of hydrogen-bond donors (Lipinski definition) is 0. The van der Waals surface area contributed by atoms with E-state index in [4.69, 9.17) is 0 Å². The Hall–Kier alpha value is -0.0800. The molecule has 0 aromatic heterocycles. The minimum Gasteiger partial charge on any atom is -0.304 e. The first-order valence-electron chi connectivity index (χ1n) is 15.0. The summed E-state index contributed by atoms with van der Waals surface area (Å²) < 4.78 is 0. The number of rotatable bonds is 1. The van der Waals surface area contributed by atoms with Gasteiger partial charge in [0, 0.05) is 5.54 Å². The summed E-state index contributed by atoms with van der Waals surface area (Å²) in [6.07, 6.45) is 13.1. The molecule has 0 bridgehead atoms. The number of hydrogen-bond acceptors (Lipinski definition) is 2. The van der Waals surface area contributed by atoms with Crippen molar-refractivity contribution in [3.05, 3.63) is 0 Å². The maximum absolute atomic E-state index is 2.55. The summed E-state index contributed by atoms with van der Waals surface area (Å²) in [7, 11) is 0. The highest BCUT2D eigenvalue weighted by Gasteiger charge is 2.23. The molecule has 3 fully saturated rings. The van der Waals surface area contributed by atoms with Gasteiger partial charge in [-0.2, -0.15) is 0 Å². The summed E-state index contributed by atoms with van der Waals surface area (Å²) in [5.74, 6) is 1.67. The molecule has 1 aliphatic carbocycles. The Bertz CT molecular complexity index is 282. The van der Waals surface area contributed by atoms with Gasteiger partial charge in [-0.05, 0) is 91.0 Å². The smallest absolute Gasteiger partial charge is 0.0125 e. The molecule has 3 rings (SSSR count). The van der Waals surface area contributed by atoms with Crippen LogP contribution in [0.2, 0.25) is 0 Å². The van der Waals surface area contributed by atoms with E-state index in [2.05, 4.69) is 79.0 Å². The Morgan fingerprint density at radius 1 is 0.514 bits per heavy atom. The fourth-order valence-corrected chi connectivity index (χ4v) is 3.37. The Labute approximate surface area is 229 Å². The van der Waals surface area contributed by atoms with E-state index < -0.39 is 0 Å². The average Bonchev–Trinajstić information content (AvgIpc) is 3.55. The van der Waals surface area contributed by atoms with Crippen LogP contribution in [0.4, 0.5) is 0 Å². The monoisotopic (exact) mass is 505 g/mol.